The van der Waals surface area contributed by atoms with Gasteiger partial charge in [0.1, 0.15) is 0 Å². The van der Waals surface area contributed by atoms with Gasteiger partial charge < -0.3 is 15.0 Å². The minimum atomic E-state index is 0.102. The van der Waals surface area contributed by atoms with Crippen molar-refractivity contribution in [2.45, 2.75) is 33.5 Å². The van der Waals surface area contributed by atoms with Gasteiger partial charge in [-0.1, -0.05) is 24.3 Å². The highest BCUT2D eigenvalue weighted by Gasteiger charge is 2.05. The molecule has 0 amide bonds. The number of aryl methyl sites for hydroxylation is 1. The lowest BCUT2D eigenvalue weighted by molar-refractivity contribution is 0.281. The van der Waals surface area contributed by atoms with E-state index in [4.69, 9.17) is 5.11 Å². The molecule has 2 N–H and O–H groups in total. The van der Waals surface area contributed by atoms with Gasteiger partial charge in [-0.25, -0.2) is 0 Å². The zero-order valence-electron chi connectivity index (χ0n) is 11.9. The summed E-state index contributed by atoms with van der Waals surface area (Å²) in [5, 5.41) is 12.6. The second kappa shape index (κ2) is 6.04. The SMILES string of the molecule is Cc1cc(CNCc2cccc(CO)c2)c(C)n1C. The second-order valence-corrected chi connectivity index (χ2v) is 5.04. The van der Waals surface area contributed by atoms with E-state index in [9.17, 15) is 0 Å². The first kappa shape index (κ1) is 13.8. The van der Waals surface area contributed by atoms with E-state index in [2.05, 4.69) is 42.9 Å². The Bertz CT molecular complexity index is 558. The minimum absolute atomic E-state index is 0.102. The summed E-state index contributed by atoms with van der Waals surface area (Å²) in [7, 11) is 2.10. The van der Waals surface area contributed by atoms with Crippen molar-refractivity contribution in [1.29, 1.82) is 0 Å². The maximum Gasteiger partial charge on any atom is 0.0681 e. The predicted molar refractivity (Wildman–Crippen MR) is 77.8 cm³/mol. The number of nitrogens with zero attached hydrogens (tertiary/aromatic N) is 1. The highest BCUT2D eigenvalue weighted by Crippen LogP contribution is 2.13. The second-order valence-electron chi connectivity index (χ2n) is 5.04. The fourth-order valence-electron chi connectivity index (χ4n) is 2.29. The van der Waals surface area contributed by atoms with Gasteiger partial charge in [0.05, 0.1) is 6.61 Å². The third kappa shape index (κ3) is 3.25. The van der Waals surface area contributed by atoms with E-state index in [1.54, 1.807) is 0 Å². The molecular formula is C16H22N2O. The summed E-state index contributed by atoms with van der Waals surface area (Å²) in [5.74, 6) is 0. The van der Waals surface area contributed by atoms with Crippen LogP contribution >= 0.6 is 0 Å². The first-order chi connectivity index (χ1) is 9.11. The third-order valence-corrected chi connectivity index (χ3v) is 3.70. The van der Waals surface area contributed by atoms with Gasteiger partial charge in [-0.3, -0.25) is 0 Å². The van der Waals surface area contributed by atoms with E-state index >= 15 is 0 Å². The first-order valence-electron chi connectivity index (χ1n) is 6.63. The van der Waals surface area contributed by atoms with Crippen molar-refractivity contribution in [2.75, 3.05) is 0 Å². The molecule has 19 heavy (non-hydrogen) atoms. The quantitative estimate of drug-likeness (QED) is 0.864. The van der Waals surface area contributed by atoms with Crippen molar-refractivity contribution in [1.82, 2.24) is 9.88 Å². The lowest BCUT2D eigenvalue weighted by Gasteiger charge is -2.07. The van der Waals surface area contributed by atoms with Crippen LogP contribution in [0.2, 0.25) is 0 Å². The van der Waals surface area contributed by atoms with E-state index in [1.807, 2.05) is 18.2 Å². The Morgan fingerprint density at radius 3 is 2.47 bits per heavy atom. The van der Waals surface area contributed by atoms with Crippen LogP contribution in [0.4, 0.5) is 0 Å². The molecule has 102 valence electrons. The van der Waals surface area contributed by atoms with Crippen LogP contribution in [0.3, 0.4) is 0 Å². The average Bonchev–Trinajstić information content (AvgIpc) is 2.67. The highest BCUT2D eigenvalue weighted by molar-refractivity contribution is 5.27. The van der Waals surface area contributed by atoms with Crippen LogP contribution in [-0.2, 0) is 26.7 Å². The number of aliphatic hydroxyl groups is 1. The Kier molecular flexibility index (Phi) is 4.40. The van der Waals surface area contributed by atoms with E-state index in [-0.39, 0.29) is 6.61 Å². The summed E-state index contributed by atoms with van der Waals surface area (Å²) in [6.07, 6.45) is 0. The van der Waals surface area contributed by atoms with Crippen molar-refractivity contribution < 1.29 is 5.11 Å². The Labute approximate surface area is 114 Å². The number of hydrogen-bond acceptors (Lipinski definition) is 2. The average molecular weight is 258 g/mol. The Balaban J connectivity index is 1.94. The van der Waals surface area contributed by atoms with Gasteiger partial charge in [0.25, 0.3) is 0 Å². The van der Waals surface area contributed by atoms with Gasteiger partial charge in [0.15, 0.2) is 0 Å². The van der Waals surface area contributed by atoms with E-state index in [0.717, 1.165) is 18.7 Å². The first-order valence-corrected chi connectivity index (χ1v) is 6.63. The van der Waals surface area contributed by atoms with Crippen LogP contribution in [0.5, 0.6) is 0 Å². The molecule has 0 unspecified atom stereocenters. The van der Waals surface area contributed by atoms with E-state index < -0.39 is 0 Å². The van der Waals surface area contributed by atoms with Crippen LogP contribution in [0.25, 0.3) is 0 Å². The predicted octanol–water partition coefficient (Wildman–Crippen LogP) is 2.42. The van der Waals surface area contributed by atoms with Crippen LogP contribution < -0.4 is 5.32 Å². The van der Waals surface area contributed by atoms with Crippen molar-refractivity contribution in [3.05, 3.63) is 58.4 Å². The maximum atomic E-state index is 9.11. The van der Waals surface area contributed by atoms with Crippen molar-refractivity contribution in [2.24, 2.45) is 7.05 Å². The normalized spacial score (nSPS) is 10.9. The highest BCUT2D eigenvalue weighted by atomic mass is 16.3. The molecule has 1 aromatic carbocycles. The van der Waals surface area contributed by atoms with Gasteiger partial charge in [-0.2, -0.15) is 0 Å². The lowest BCUT2D eigenvalue weighted by atomic mass is 10.1. The van der Waals surface area contributed by atoms with Gasteiger partial charge >= 0.3 is 0 Å². The number of rotatable bonds is 5. The molecule has 2 rings (SSSR count). The fourth-order valence-corrected chi connectivity index (χ4v) is 2.29. The number of hydrogen-bond donors (Lipinski definition) is 2. The molecule has 2 aromatic rings. The summed E-state index contributed by atoms with van der Waals surface area (Å²) in [6, 6.07) is 10.3. The third-order valence-electron chi connectivity index (χ3n) is 3.70. The summed E-state index contributed by atoms with van der Waals surface area (Å²) >= 11 is 0. The topological polar surface area (TPSA) is 37.2 Å². The molecule has 0 radical (unpaired) electrons. The molecule has 0 fully saturated rings. The molecule has 0 bridgehead atoms. The van der Waals surface area contributed by atoms with Crippen molar-refractivity contribution in [3.63, 3.8) is 0 Å². The van der Waals surface area contributed by atoms with Crippen molar-refractivity contribution in [3.8, 4) is 0 Å². The largest absolute Gasteiger partial charge is 0.392 e. The van der Waals surface area contributed by atoms with Gasteiger partial charge in [-0.05, 0) is 36.6 Å². The molecule has 0 aliphatic rings. The summed E-state index contributed by atoms with van der Waals surface area (Å²) in [5.41, 5.74) is 6.12. The molecule has 0 saturated heterocycles. The number of aliphatic hydroxyl groups excluding tert-OH is 1. The minimum Gasteiger partial charge on any atom is -0.392 e. The molecule has 0 saturated carbocycles. The van der Waals surface area contributed by atoms with Gasteiger partial charge in [0, 0.05) is 31.5 Å². The molecule has 0 spiro atoms. The van der Waals surface area contributed by atoms with Crippen LogP contribution in [0.15, 0.2) is 30.3 Å². The number of benzene rings is 1. The molecule has 0 aliphatic carbocycles. The van der Waals surface area contributed by atoms with Crippen molar-refractivity contribution >= 4 is 0 Å². The maximum absolute atomic E-state index is 9.11. The Morgan fingerprint density at radius 1 is 1.11 bits per heavy atom. The van der Waals surface area contributed by atoms with Crippen LogP contribution in [0.1, 0.15) is 28.1 Å². The summed E-state index contributed by atoms with van der Waals surface area (Å²) in [4.78, 5) is 0. The molecule has 0 atom stereocenters. The molecule has 0 aliphatic heterocycles. The Hall–Kier alpha value is -1.58. The zero-order valence-corrected chi connectivity index (χ0v) is 11.9. The van der Waals surface area contributed by atoms with E-state index in [1.165, 1.54) is 22.5 Å². The smallest absolute Gasteiger partial charge is 0.0681 e. The monoisotopic (exact) mass is 258 g/mol. The van der Waals surface area contributed by atoms with Gasteiger partial charge in [0.2, 0.25) is 0 Å². The van der Waals surface area contributed by atoms with Crippen LogP contribution in [-0.4, -0.2) is 9.67 Å². The zero-order chi connectivity index (χ0) is 13.8. The fraction of sp³-hybridized carbons (Fsp3) is 0.375. The number of aromatic nitrogens is 1. The molecule has 1 heterocycles. The summed E-state index contributed by atoms with van der Waals surface area (Å²) in [6.45, 7) is 6.07. The number of nitrogens with one attached hydrogen (secondary N) is 1. The molecular weight excluding hydrogens is 236 g/mol. The molecule has 3 heteroatoms. The van der Waals surface area contributed by atoms with Crippen LogP contribution in [0, 0.1) is 13.8 Å². The van der Waals surface area contributed by atoms with E-state index in [0.29, 0.717) is 0 Å². The van der Waals surface area contributed by atoms with Gasteiger partial charge in [-0.15, -0.1) is 0 Å². The Morgan fingerprint density at radius 2 is 1.84 bits per heavy atom. The molecule has 1 aromatic heterocycles. The lowest BCUT2D eigenvalue weighted by Crippen LogP contribution is -2.13. The standard InChI is InChI=1S/C16H22N2O/c1-12-7-16(13(2)18(12)3)10-17-9-14-5-4-6-15(8-14)11-19/h4-8,17,19H,9-11H2,1-3H3. The molecule has 3 nitrogen and oxygen atoms in total. The summed E-state index contributed by atoms with van der Waals surface area (Å²) < 4.78 is 2.21.